The van der Waals surface area contributed by atoms with Crippen LogP contribution in [0.5, 0.6) is 0 Å². The molecule has 0 amide bonds. The molecule has 0 aliphatic carbocycles. The third-order valence-electron chi connectivity index (χ3n) is 3.03. The number of aliphatic carboxylic acids is 1. The Morgan fingerprint density at radius 1 is 1.42 bits per heavy atom. The van der Waals surface area contributed by atoms with Gasteiger partial charge in [-0.3, -0.25) is 9.78 Å². The molecular weight excluding hydrogens is 336 g/mol. The molecule has 6 nitrogen and oxygen atoms in total. The lowest BCUT2D eigenvalue weighted by Crippen LogP contribution is -2.47. The van der Waals surface area contributed by atoms with Gasteiger partial charge in [0, 0.05) is 23.4 Å². The summed E-state index contributed by atoms with van der Waals surface area (Å²) in [4.78, 5) is 15.0. The zero-order valence-electron chi connectivity index (χ0n) is 9.99. The quantitative estimate of drug-likeness (QED) is 0.893. The first kappa shape index (κ1) is 14.4. The second kappa shape index (κ2) is 5.56. The highest BCUT2D eigenvalue weighted by molar-refractivity contribution is 9.10. The second-order valence-corrected chi connectivity index (χ2v) is 7.11. The molecule has 19 heavy (non-hydrogen) atoms. The van der Waals surface area contributed by atoms with E-state index in [0.29, 0.717) is 17.3 Å². The lowest BCUT2D eigenvalue weighted by molar-refractivity contribution is -0.142. The molecule has 1 aliphatic rings. The smallest absolute Gasteiger partial charge is 0.322 e. The van der Waals surface area contributed by atoms with Gasteiger partial charge in [-0.1, -0.05) is 0 Å². The van der Waals surface area contributed by atoms with Crippen LogP contribution in [0, 0.1) is 0 Å². The lowest BCUT2D eigenvalue weighted by Gasteiger charge is -2.31. The number of aromatic nitrogens is 1. The molecule has 1 aromatic rings. The molecule has 1 N–H and O–H groups in total. The van der Waals surface area contributed by atoms with Crippen LogP contribution in [-0.4, -0.2) is 41.4 Å². The molecule has 1 fully saturated rings. The predicted octanol–water partition coefficient (Wildman–Crippen LogP) is 1.47. The third kappa shape index (κ3) is 2.96. The maximum Gasteiger partial charge on any atom is 0.322 e. The number of rotatable bonds is 3. The summed E-state index contributed by atoms with van der Waals surface area (Å²) in [5, 5.41) is 9.14. The lowest BCUT2D eigenvalue weighted by atomic mass is 10.1. The molecule has 1 aliphatic heterocycles. The van der Waals surface area contributed by atoms with E-state index in [1.54, 1.807) is 0 Å². The number of carboxylic acid groups (broad SMARTS) is 1. The average molecular weight is 349 g/mol. The van der Waals surface area contributed by atoms with Crippen molar-refractivity contribution in [2.45, 2.75) is 30.2 Å². The maximum absolute atomic E-state index is 12.5. The first-order valence-corrected chi connectivity index (χ1v) is 8.01. The van der Waals surface area contributed by atoms with Crippen molar-refractivity contribution < 1.29 is 18.3 Å². The van der Waals surface area contributed by atoms with Gasteiger partial charge in [-0.2, -0.15) is 4.31 Å². The minimum Gasteiger partial charge on any atom is -0.480 e. The molecule has 0 aromatic carbocycles. The number of carboxylic acids is 1. The number of piperidine rings is 1. The number of sulfonamides is 1. The normalized spacial score (nSPS) is 21.2. The zero-order valence-corrected chi connectivity index (χ0v) is 12.4. The van der Waals surface area contributed by atoms with Crippen molar-refractivity contribution in [3.8, 4) is 0 Å². The van der Waals surface area contributed by atoms with Gasteiger partial charge in [0.05, 0.1) is 0 Å². The van der Waals surface area contributed by atoms with Crippen molar-refractivity contribution in [1.82, 2.24) is 9.29 Å². The Labute approximate surface area is 119 Å². The van der Waals surface area contributed by atoms with Crippen LogP contribution in [0.15, 0.2) is 27.8 Å². The van der Waals surface area contributed by atoms with Gasteiger partial charge in [-0.25, -0.2) is 8.42 Å². The molecule has 0 bridgehead atoms. The zero-order chi connectivity index (χ0) is 14.0. The van der Waals surface area contributed by atoms with E-state index in [2.05, 4.69) is 20.9 Å². The number of nitrogens with zero attached hydrogens (tertiary/aromatic N) is 2. The van der Waals surface area contributed by atoms with Gasteiger partial charge in [0.1, 0.15) is 10.9 Å². The van der Waals surface area contributed by atoms with Gasteiger partial charge < -0.3 is 5.11 Å². The summed E-state index contributed by atoms with van der Waals surface area (Å²) in [7, 11) is -3.82. The number of hydrogen-bond acceptors (Lipinski definition) is 4. The third-order valence-corrected chi connectivity index (χ3v) is 5.33. The van der Waals surface area contributed by atoms with Crippen LogP contribution in [0.1, 0.15) is 19.3 Å². The van der Waals surface area contributed by atoms with E-state index in [9.17, 15) is 13.2 Å². The van der Waals surface area contributed by atoms with Gasteiger partial charge in [-0.05, 0) is 41.3 Å². The van der Waals surface area contributed by atoms with Crippen molar-refractivity contribution in [2.24, 2.45) is 0 Å². The van der Waals surface area contributed by atoms with Crippen LogP contribution in [-0.2, 0) is 14.8 Å². The van der Waals surface area contributed by atoms with Crippen molar-refractivity contribution in [3.63, 3.8) is 0 Å². The number of hydrogen-bond donors (Lipinski definition) is 1. The molecule has 1 aromatic heterocycles. The summed E-state index contributed by atoms with van der Waals surface area (Å²) < 4.78 is 26.5. The fourth-order valence-corrected chi connectivity index (χ4v) is 4.27. The highest BCUT2D eigenvalue weighted by atomic mass is 79.9. The molecule has 2 rings (SSSR count). The molecule has 0 saturated carbocycles. The highest BCUT2D eigenvalue weighted by Gasteiger charge is 2.37. The maximum atomic E-state index is 12.5. The van der Waals surface area contributed by atoms with E-state index in [-0.39, 0.29) is 11.4 Å². The first-order chi connectivity index (χ1) is 8.93. The fraction of sp³-hybridized carbons (Fsp3) is 0.455. The largest absolute Gasteiger partial charge is 0.480 e. The van der Waals surface area contributed by atoms with Gasteiger partial charge >= 0.3 is 5.97 Å². The number of carbonyl (C=O) groups is 1. The summed E-state index contributed by atoms with van der Waals surface area (Å²) in [5.41, 5.74) is 0. The number of halogens is 1. The van der Waals surface area contributed by atoms with E-state index in [4.69, 9.17) is 5.11 Å². The van der Waals surface area contributed by atoms with Crippen LogP contribution < -0.4 is 0 Å². The Bertz CT molecular complexity index is 590. The molecule has 1 unspecified atom stereocenters. The van der Waals surface area contributed by atoms with Gasteiger partial charge in [0.15, 0.2) is 0 Å². The Balaban J connectivity index is 2.40. The van der Waals surface area contributed by atoms with E-state index < -0.39 is 22.0 Å². The van der Waals surface area contributed by atoms with Crippen LogP contribution in [0.3, 0.4) is 0 Å². The standard InChI is InChI=1S/C11H13BrN2O4S/c12-8-5-9(7-13-6-8)19(17,18)14-4-2-1-3-10(14)11(15)16/h5-7,10H,1-4H2,(H,15,16). The van der Waals surface area contributed by atoms with Gasteiger partial charge in [-0.15, -0.1) is 0 Å². The second-order valence-electron chi connectivity index (χ2n) is 4.30. The van der Waals surface area contributed by atoms with Crippen molar-refractivity contribution in [1.29, 1.82) is 0 Å². The van der Waals surface area contributed by atoms with Crippen molar-refractivity contribution in [2.75, 3.05) is 6.54 Å². The Kier molecular flexibility index (Phi) is 4.22. The van der Waals surface area contributed by atoms with Crippen LogP contribution in [0.2, 0.25) is 0 Å². The Morgan fingerprint density at radius 2 is 2.16 bits per heavy atom. The summed E-state index contributed by atoms with van der Waals surface area (Å²) in [6.45, 7) is 0.228. The van der Waals surface area contributed by atoms with E-state index in [1.165, 1.54) is 18.5 Å². The molecule has 8 heteroatoms. The van der Waals surface area contributed by atoms with Gasteiger partial charge in [0.25, 0.3) is 0 Å². The molecule has 104 valence electrons. The fourth-order valence-electron chi connectivity index (χ4n) is 2.11. The molecule has 1 atom stereocenters. The van der Waals surface area contributed by atoms with Gasteiger partial charge in [0.2, 0.25) is 10.0 Å². The van der Waals surface area contributed by atoms with Crippen LogP contribution in [0.4, 0.5) is 0 Å². The average Bonchev–Trinajstić information content (AvgIpc) is 2.38. The summed E-state index contributed by atoms with van der Waals surface area (Å²) >= 11 is 3.16. The molecular formula is C11H13BrN2O4S. The monoisotopic (exact) mass is 348 g/mol. The summed E-state index contributed by atoms with van der Waals surface area (Å²) in [6, 6.07) is 0.438. The Hall–Kier alpha value is -0.990. The predicted molar refractivity (Wildman–Crippen MR) is 71.1 cm³/mol. The van der Waals surface area contributed by atoms with Crippen molar-refractivity contribution >= 4 is 31.9 Å². The van der Waals surface area contributed by atoms with Crippen LogP contribution >= 0.6 is 15.9 Å². The van der Waals surface area contributed by atoms with E-state index >= 15 is 0 Å². The topological polar surface area (TPSA) is 87.6 Å². The van der Waals surface area contributed by atoms with Crippen LogP contribution in [0.25, 0.3) is 0 Å². The number of pyridine rings is 1. The first-order valence-electron chi connectivity index (χ1n) is 5.78. The minimum atomic E-state index is -3.82. The summed E-state index contributed by atoms with van der Waals surface area (Å²) in [6.07, 6.45) is 4.44. The van der Waals surface area contributed by atoms with Crippen molar-refractivity contribution in [3.05, 3.63) is 22.9 Å². The summed E-state index contributed by atoms with van der Waals surface area (Å²) in [5.74, 6) is -1.11. The van der Waals surface area contributed by atoms with E-state index in [1.807, 2.05) is 0 Å². The molecule has 2 heterocycles. The highest BCUT2D eigenvalue weighted by Crippen LogP contribution is 2.26. The molecule has 0 spiro atoms. The molecule has 0 radical (unpaired) electrons. The minimum absolute atomic E-state index is 0.00928. The van der Waals surface area contributed by atoms with E-state index in [0.717, 1.165) is 10.7 Å². The molecule has 1 saturated heterocycles. The Morgan fingerprint density at radius 3 is 2.79 bits per heavy atom. The SMILES string of the molecule is O=C(O)C1CCCCN1S(=O)(=O)c1cncc(Br)c1.